The third-order valence-electron chi connectivity index (χ3n) is 7.95. The van der Waals surface area contributed by atoms with Gasteiger partial charge in [0.1, 0.15) is 18.5 Å². The number of aromatic nitrogens is 3. The fourth-order valence-electron chi connectivity index (χ4n) is 5.43. The van der Waals surface area contributed by atoms with Gasteiger partial charge in [-0.25, -0.2) is 14.2 Å². The standard InChI is InChI=1S/C28H40ClFN6O4/c1-35-24(22(29)17-32-35)28(11-12-28)27(39)34-23(26(37)38)10-15-36(18-21(16-30)40-2)14-4-3-7-20-9-8-19-6-5-13-31-25(19)33-20/h8-9,17,21,23H,3-7,10-16,18H2,1-2H3,(H,31,33)(H,34,39)(H,37,38). The Balaban J connectivity index is 1.32. The van der Waals surface area contributed by atoms with Gasteiger partial charge >= 0.3 is 5.97 Å². The third kappa shape index (κ3) is 7.30. The number of pyridine rings is 1. The van der Waals surface area contributed by atoms with Crippen LogP contribution in [0.4, 0.5) is 10.2 Å². The van der Waals surface area contributed by atoms with Crippen molar-refractivity contribution in [3.63, 3.8) is 0 Å². The van der Waals surface area contributed by atoms with Crippen LogP contribution in [0.5, 0.6) is 0 Å². The number of hydrogen-bond acceptors (Lipinski definition) is 7. The molecule has 220 valence electrons. The molecule has 12 heteroatoms. The first kappa shape index (κ1) is 30.2. The zero-order chi connectivity index (χ0) is 28.7. The molecule has 0 spiro atoms. The van der Waals surface area contributed by atoms with Crippen LogP contribution in [-0.2, 0) is 39.6 Å². The number of nitrogens with zero attached hydrogens (tertiary/aromatic N) is 4. The number of alkyl halides is 1. The summed E-state index contributed by atoms with van der Waals surface area (Å²) in [7, 11) is 3.19. The molecule has 2 aliphatic rings. The zero-order valence-electron chi connectivity index (χ0n) is 23.3. The Kier molecular flexibility index (Phi) is 10.4. The molecule has 0 aromatic carbocycles. The number of carbonyl (C=O) groups excluding carboxylic acids is 1. The minimum absolute atomic E-state index is 0.178. The van der Waals surface area contributed by atoms with Crippen molar-refractivity contribution >= 4 is 29.3 Å². The lowest BCUT2D eigenvalue weighted by Gasteiger charge is -2.27. The van der Waals surface area contributed by atoms with Gasteiger partial charge in [-0.1, -0.05) is 17.7 Å². The monoisotopic (exact) mass is 578 g/mol. The number of nitrogens with one attached hydrogen (secondary N) is 2. The molecule has 1 fully saturated rings. The maximum atomic E-state index is 13.5. The van der Waals surface area contributed by atoms with Gasteiger partial charge in [-0.3, -0.25) is 9.48 Å². The van der Waals surface area contributed by atoms with Crippen LogP contribution in [-0.4, -0.2) is 88.8 Å². The SMILES string of the molecule is COC(CF)CN(CCCCc1ccc2c(n1)NCCC2)CCC(NC(=O)C1(c2c(Cl)cnn2C)CC1)C(=O)O. The highest BCUT2D eigenvalue weighted by Crippen LogP contribution is 2.50. The summed E-state index contributed by atoms with van der Waals surface area (Å²) < 4.78 is 20.3. The van der Waals surface area contributed by atoms with E-state index in [1.54, 1.807) is 11.7 Å². The number of ether oxygens (including phenoxy) is 1. The smallest absolute Gasteiger partial charge is 0.326 e. The minimum Gasteiger partial charge on any atom is -0.480 e. The van der Waals surface area contributed by atoms with Crippen molar-refractivity contribution in [1.29, 1.82) is 0 Å². The van der Waals surface area contributed by atoms with E-state index in [0.717, 1.165) is 50.2 Å². The highest BCUT2D eigenvalue weighted by atomic mass is 35.5. The Hall–Kier alpha value is -2.76. The molecule has 3 N–H and O–H groups in total. The van der Waals surface area contributed by atoms with E-state index in [1.807, 2.05) is 4.90 Å². The van der Waals surface area contributed by atoms with Crippen LogP contribution in [0.25, 0.3) is 0 Å². The number of carbonyl (C=O) groups is 2. The Morgan fingerprint density at radius 3 is 2.77 bits per heavy atom. The Bertz CT molecular complexity index is 1150. The van der Waals surface area contributed by atoms with Crippen molar-refractivity contribution in [2.24, 2.45) is 7.05 Å². The van der Waals surface area contributed by atoms with Gasteiger partial charge in [-0.05, 0) is 69.5 Å². The summed E-state index contributed by atoms with van der Waals surface area (Å²) in [4.78, 5) is 32.1. The molecule has 0 bridgehead atoms. The fraction of sp³-hybridized carbons (Fsp3) is 0.643. The van der Waals surface area contributed by atoms with Crippen molar-refractivity contribution < 1.29 is 23.8 Å². The number of carboxylic acids is 1. The fourth-order valence-corrected chi connectivity index (χ4v) is 5.78. The maximum Gasteiger partial charge on any atom is 0.326 e. The van der Waals surface area contributed by atoms with E-state index in [0.29, 0.717) is 43.2 Å². The van der Waals surface area contributed by atoms with E-state index in [9.17, 15) is 19.1 Å². The number of carboxylic acid groups (broad SMARTS) is 1. The molecule has 1 aliphatic carbocycles. The summed E-state index contributed by atoms with van der Waals surface area (Å²) in [6.45, 7) is 1.67. The average Bonchev–Trinajstić information content (AvgIpc) is 3.68. The summed E-state index contributed by atoms with van der Waals surface area (Å²) in [5, 5.41) is 20.5. The van der Waals surface area contributed by atoms with Crippen LogP contribution in [0.2, 0.25) is 5.02 Å². The number of unbranched alkanes of at least 4 members (excludes halogenated alkanes) is 1. The Morgan fingerprint density at radius 1 is 1.32 bits per heavy atom. The van der Waals surface area contributed by atoms with Crippen molar-refractivity contribution in [2.75, 3.05) is 45.3 Å². The summed E-state index contributed by atoms with van der Waals surface area (Å²) in [6.07, 6.45) is 6.95. The zero-order valence-corrected chi connectivity index (χ0v) is 24.1. The molecule has 0 radical (unpaired) electrons. The second-order valence-electron chi connectivity index (χ2n) is 10.8. The van der Waals surface area contributed by atoms with Gasteiger partial charge in [-0.15, -0.1) is 0 Å². The molecule has 1 amide bonds. The first-order valence-corrected chi connectivity index (χ1v) is 14.4. The average molecular weight is 579 g/mol. The van der Waals surface area contributed by atoms with E-state index < -0.39 is 30.2 Å². The highest BCUT2D eigenvalue weighted by Gasteiger charge is 2.55. The molecular weight excluding hydrogens is 539 g/mol. The number of aryl methyl sites for hydroxylation is 3. The molecule has 1 saturated carbocycles. The van der Waals surface area contributed by atoms with Crippen molar-refractivity contribution in [2.45, 2.75) is 68.9 Å². The molecule has 1 aliphatic heterocycles. The summed E-state index contributed by atoms with van der Waals surface area (Å²) in [5.41, 5.74) is 2.04. The molecule has 0 saturated heterocycles. The molecule has 2 aromatic heterocycles. The normalized spacial score (nSPS) is 17.1. The Morgan fingerprint density at radius 2 is 2.12 bits per heavy atom. The summed E-state index contributed by atoms with van der Waals surface area (Å²) >= 11 is 6.29. The van der Waals surface area contributed by atoms with Gasteiger partial charge in [-0.2, -0.15) is 5.10 Å². The molecule has 10 nitrogen and oxygen atoms in total. The number of anilines is 1. The molecule has 2 atom stereocenters. The summed E-state index contributed by atoms with van der Waals surface area (Å²) in [6, 6.07) is 3.15. The van der Waals surface area contributed by atoms with Gasteiger partial charge in [0.15, 0.2) is 0 Å². The lowest BCUT2D eigenvalue weighted by atomic mass is 10.00. The van der Waals surface area contributed by atoms with Crippen LogP contribution in [0.15, 0.2) is 18.3 Å². The van der Waals surface area contributed by atoms with Crippen LogP contribution < -0.4 is 10.6 Å². The number of methoxy groups -OCH3 is 1. The summed E-state index contributed by atoms with van der Waals surface area (Å²) in [5.74, 6) is -0.486. The van der Waals surface area contributed by atoms with Gasteiger partial charge in [0, 0.05) is 39.5 Å². The first-order valence-electron chi connectivity index (χ1n) is 14.0. The number of rotatable bonds is 16. The molecule has 2 unspecified atom stereocenters. The maximum absolute atomic E-state index is 13.5. The number of hydrogen-bond donors (Lipinski definition) is 3. The van der Waals surface area contributed by atoms with Gasteiger partial charge in [0.05, 0.1) is 28.4 Å². The van der Waals surface area contributed by atoms with Gasteiger partial charge in [0.25, 0.3) is 0 Å². The van der Waals surface area contributed by atoms with Gasteiger partial charge < -0.3 is 25.4 Å². The number of halogens is 2. The van der Waals surface area contributed by atoms with E-state index in [2.05, 4.69) is 27.9 Å². The largest absolute Gasteiger partial charge is 0.480 e. The van der Waals surface area contributed by atoms with Crippen molar-refractivity contribution in [3.05, 3.63) is 40.3 Å². The highest BCUT2D eigenvalue weighted by molar-refractivity contribution is 6.31. The van der Waals surface area contributed by atoms with E-state index in [4.69, 9.17) is 21.3 Å². The molecule has 4 rings (SSSR count). The third-order valence-corrected chi connectivity index (χ3v) is 8.22. The lowest BCUT2D eigenvalue weighted by Crippen LogP contribution is -2.48. The predicted molar refractivity (Wildman–Crippen MR) is 151 cm³/mol. The first-order chi connectivity index (χ1) is 19.3. The van der Waals surface area contributed by atoms with Crippen LogP contribution in [0, 0.1) is 0 Å². The van der Waals surface area contributed by atoms with Crippen LogP contribution >= 0.6 is 11.6 Å². The molecule has 40 heavy (non-hydrogen) atoms. The molecular formula is C28H40ClFN6O4. The molecule has 3 heterocycles. The lowest BCUT2D eigenvalue weighted by molar-refractivity contribution is -0.142. The van der Waals surface area contributed by atoms with Gasteiger partial charge in [0.2, 0.25) is 5.91 Å². The van der Waals surface area contributed by atoms with E-state index in [-0.39, 0.29) is 12.3 Å². The number of aliphatic carboxylic acids is 1. The second-order valence-corrected chi connectivity index (χ2v) is 11.2. The number of amides is 1. The van der Waals surface area contributed by atoms with E-state index >= 15 is 0 Å². The quantitative estimate of drug-likeness (QED) is 0.260. The van der Waals surface area contributed by atoms with Crippen molar-refractivity contribution in [1.82, 2.24) is 25.0 Å². The topological polar surface area (TPSA) is 122 Å². The predicted octanol–water partition coefficient (Wildman–Crippen LogP) is 3.13. The van der Waals surface area contributed by atoms with E-state index in [1.165, 1.54) is 18.9 Å². The Labute approximate surface area is 239 Å². The van der Waals surface area contributed by atoms with Crippen LogP contribution in [0.1, 0.15) is 55.5 Å². The second kappa shape index (κ2) is 13.7. The number of fused-ring (bicyclic) bond motifs is 1. The van der Waals surface area contributed by atoms with Crippen molar-refractivity contribution in [3.8, 4) is 0 Å². The minimum atomic E-state index is -1.11. The van der Waals surface area contributed by atoms with Crippen LogP contribution in [0.3, 0.4) is 0 Å². The molecule has 2 aromatic rings.